The van der Waals surface area contributed by atoms with Crippen molar-refractivity contribution in [2.45, 2.75) is 31.7 Å². The normalized spacial score (nSPS) is 12.6. The van der Waals surface area contributed by atoms with Crippen LogP contribution in [0.15, 0.2) is 29.2 Å². The third kappa shape index (κ3) is 6.10. The molecule has 0 aliphatic rings. The summed E-state index contributed by atoms with van der Waals surface area (Å²) in [5.74, 6) is 1.34. The lowest BCUT2D eigenvalue weighted by molar-refractivity contribution is 0.250. The highest BCUT2D eigenvalue weighted by Gasteiger charge is 2.02. The van der Waals surface area contributed by atoms with Crippen LogP contribution in [0.1, 0.15) is 25.8 Å². The van der Waals surface area contributed by atoms with E-state index in [1.165, 1.54) is 16.9 Å². The number of benzene rings is 1. The van der Waals surface area contributed by atoms with Crippen LogP contribution in [0.3, 0.4) is 0 Å². The van der Waals surface area contributed by atoms with E-state index in [1.807, 2.05) is 11.8 Å². The molecule has 0 aliphatic heterocycles. The number of hydrogen-bond donors (Lipinski definition) is 2. The Morgan fingerprint density at radius 2 is 2.24 bits per heavy atom. The minimum atomic E-state index is 0.269. The van der Waals surface area contributed by atoms with Crippen molar-refractivity contribution < 1.29 is 5.11 Å². The van der Waals surface area contributed by atoms with E-state index in [0.29, 0.717) is 5.92 Å². The third-order valence-electron chi connectivity index (χ3n) is 2.50. The van der Waals surface area contributed by atoms with Crippen molar-refractivity contribution >= 4 is 11.8 Å². The molecule has 3 heteroatoms. The molecule has 1 rings (SSSR count). The molecule has 0 aromatic heterocycles. The van der Waals surface area contributed by atoms with Gasteiger partial charge in [0.2, 0.25) is 0 Å². The van der Waals surface area contributed by atoms with Crippen molar-refractivity contribution in [1.82, 2.24) is 5.32 Å². The molecule has 0 radical (unpaired) electrons. The van der Waals surface area contributed by atoms with Crippen LogP contribution < -0.4 is 5.32 Å². The first kappa shape index (κ1) is 14.6. The Bertz CT molecular complexity index is 317. The molecular weight excluding hydrogens is 230 g/mol. The van der Waals surface area contributed by atoms with Gasteiger partial charge in [-0.3, -0.25) is 0 Å². The van der Waals surface area contributed by atoms with Gasteiger partial charge in [0.25, 0.3) is 0 Å². The number of rotatable bonds is 8. The van der Waals surface area contributed by atoms with E-state index in [9.17, 15) is 0 Å². The highest BCUT2D eigenvalue weighted by molar-refractivity contribution is 7.99. The van der Waals surface area contributed by atoms with Crippen molar-refractivity contribution in [1.29, 1.82) is 0 Å². The second-order valence-electron chi connectivity index (χ2n) is 4.42. The van der Waals surface area contributed by atoms with Gasteiger partial charge in [0.05, 0.1) is 0 Å². The molecule has 1 atom stereocenters. The van der Waals surface area contributed by atoms with E-state index in [4.69, 9.17) is 5.11 Å². The van der Waals surface area contributed by atoms with E-state index in [-0.39, 0.29) is 6.61 Å². The maximum Gasteiger partial charge on any atom is 0.0464 e. The van der Waals surface area contributed by atoms with Crippen LogP contribution >= 0.6 is 11.8 Å². The molecule has 1 unspecified atom stereocenters. The summed E-state index contributed by atoms with van der Waals surface area (Å²) in [7, 11) is 0. The maximum atomic E-state index is 8.99. The second-order valence-corrected chi connectivity index (χ2v) is 5.52. The van der Waals surface area contributed by atoms with Crippen molar-refractivity contribution in [3.8, 4) is 0 Å². The zero-order chi connectivity index (χ0) is 12.5. The standard InChI is InChI=1S/C14H23NOS/c1-3-7-15-9-13-5-4-6-14(8-13)17-11-12(2)10-16/h4-6,8,12,15-16H,3,7,9-11H2,1-2H3. The fraction of sp³-hybridized carbons (Fsp3) is 0.571. The number of nitrogens with one attached hydrogen (secondary N) is 1. The fourth-order valence-corrected chi connectivity index (χ4v) is 2.44. The van der Waals surface area contributed by atoms with Crippen molar-refractivity contribution in [2.75, 3.05) is 18.9 Å². The number of thioether (sulfide) groups is 1. The van der Waals surface area contributed by atoms with Crippen LogP contribution in [0, 0.1) is 5.92 Å². The average Bonchev–Trinajstić information content (AvgIpc) is 2.37. The molecule has 0 aliphatic carbocycles. The molecular formula is C14H23NOS. The zero-order valence-corrected chi connectivity index (χ0v) is 11.6. The van der Waals surface area contributed by atoms with Crippen molar-refractivity contribution in [3.05, 3.63) is 29.8 Å². The molecule has 96 valence electrons. The van der Waals surface area contributed by atoms with Gasteiger partial charge >= 0.3 is 0 Å². The van der Waals surface area contributed by atoms with Gasteiger partial charge in [0, 0.05) is 23.8 Å². The minimum absolute atomic E-state index is 0.269. The summed E-state index contributed by atoms with van der Waals surface area (Å²) in [4.78, 5) is 1.29. The lowest BCUT2D eigenvalue weighted by Crippen LogP contribution is -2.13. The monoisotopic (exact) mass is 253 g/mol. The van der Waals surface area contributed by atoms with E-state index in [0.717, 1.165) is 18.8 Å². The van der Waals surface area contributed by atoms with Crippen LogP contribution in [0.25, 0.3) is 0 Å². The van der Waals surface area contributed by atoms with Crippen LogP contribution in [-0.4, -0.2) is 24.0 Å². The van der Waals surface area contributed by atoms with Gasteiger partial charge in [-0.05, 0) is 36.6 Å². The van der Waals surface area contributed by atoms with Gasteiger partial charge in [-0.15, -0.1) is 11.8 Å². The predicted molar refractivity (Wildman–Crippen MR) is 75.4 cm³/mol. The SMILES string of the molecule is CCCNCc1cccc(SCC(C)CO)c1. The highest BCUT2D eigenvalue weighted by atomic mass is 32.2. The molecule has 17 heavy (non-hydrogen) atoms. The largest absolute Gasteiger partial charge is 0.396 e. The first-order valence-electron chi connectivity index (χ1n) is 6.29. The lowest BCUT2D eigenvalue weighted by atomic mass is 10.2. The van der Waals surface area contributed by atoms with Gasteiger partial charge in [0.1, 0.15) is 0 Å². The second kappa shape index (κ2) is 8.56. The summed E-state index contributed by atoms with van der Waals surface area (Å²) in [6.07, 6.45) is 1.17. The van der Waals surface area contributed by atoms with Gasteiger partial charge in [-0.1, -0.05) is 26.0 Å². The van der Waals surface area contributed by atoms with E-state index < -0.39 is 0 Å². The van der Waals surface area contributed by atoms with Crippen LogP contribution in [0.2, 0.25) is 0 Å². The topological polar surface area (TPSA) is 32.3 Å². The smallest absolute Gasteiger partial charge is 0.0464 e. The highest BCUT2D eigenvalue weighted by Crippen LogP contribution is 2.21. The number of aliphatic hydroxyl groups excluding tert-OH is 1. The summed E-state index contributed by atoms with van der Waals surface area (Å²) in [5, 5.41) is 12.4. The van der Waals surface area contributed by atoms with Crippen LogP contribution in [0.5, 0.6) is 0 Å². The Balaban J connectivity index is 2.42. The summed E-state index contributed by atoms with van der Waals surface area (Å²) in [6.45, 7) is 6.52. The quantitative estimate of drug-likeness (QED) is 0.552. The summed E-state index contributed by atoms with van der Waals surface area (Å²) >= 11 is 1.82. The first-order chi connectivity index (χ1) is 8.26. The molecule has 0 saturated heterocycles. The molecule has 2 nitrogen and oxygen atoms in total. The van der Waals surface area contributed by atoms with Crippen LogP contribution in [0.4, 0.5) is 0 Å². The Morgan fingerprint density at radius 3 is 2.94 bits per heavy atom. The van der Waals surface area contributed by atoms with Gasteiger partial charge in [0.15, 0.2) is 0 Å². The maximum absolute atomic E-state index is 8.99. The van der Waals surface area contributed by atoms with Gasteiger partial charge in [-0.2, -0.15) is 0 Å². The van der Waals surface area contributed by atoms with Gasteiger partial charge < -0.3 is 10.4 Å². The Hall–Kier alpha value is -0.510. The fourth-order valence-electron chi connectivity index (χ4n) is 1.45. The molecule has 2 N–H and O–H groups in total. The Morgan fingerprint density at radius 1 is 1.41 bits per heavy atom. The predicted octanol–water partition coefficient (Wildman–Crippen LogP) is 2.91. The first-order valence-corrected chi connectivity index (χ1v) is 7.28. The van der Waals surface area contributed by atoms with E-state index in [2.05, 4.69) is 43.4 Å². The minimum Gasteiger partial charge on any atom is -0.396 e. The molecule has 0 spiro atoms. The molecule has 0 amide bonds. The molecule has 0 heterocycles. The number of aliphatic hydroxyl groups is 1. The van der Waals surface area contributed by atoms with Crippen molar-refractivity contribution in [3.63, 3.8) is 0 Å². The average molecular weight is 253 g/mol. The molecule has 0 bridgehead atoms. The Kier molecular flexibility index (Phi) is 7.33. The molecule has 0 saturated carbocycles. The van der Waals surface area contributed by atoms with Crippen LogP contribution in [-0.2, 0) is 6.54 Å². The summed E-state index contributed by atoms with van der Waals surface area (Å²) in [6, 6.07) is 8.63. The molecule has 0 fully saturated rings. The third-order valence-corrected chi connectivity index (χ3v) is 3.82. The number of hydrogen-bond acceptors (Lipinski definition) is 3. The molecule has 1 aromatic rings. The summed E-state index contributed by atoms with van der Waals surface area (Å²) in [5.41, 5.74) is 1.33. The Labute approximate surface area is 109 Å². The lowest BCUT2D eigenvalue weighted by Gasteiger charge is -2.09. The zero-order valence-electron chi connectivity index (χ0n) is 10.8. The van der Waals surface area contributed by atoms with E-state index in [1.54, 1.807) is 0 Å². The van der Waals surface area contributed by atoms with E-state index >= 15 is 0 Å². The summed E-state index contributed by atoms with van der Waals surface area (Å²) < 4.78 is 0. The molecule has 1 aromatic carbocycles. The van der Waals surface area contributed by atoms with Gasteiger partial charge in [-0.25, -0.2) is 0 Å². The van der Waals surface area contributed by atoms with Crippen molar-refractivity contribution in [2.24, 2.45) is 5.92 Å².